The highest BCUT2D eigenvalue weighted by atomic mass is 35.5. The molecule has 1 aromatic heterocycles. The lowest BCUT2D eigenvalue weighted by Gasteiger charge is -2.10. The Morgan fingerprint density at radius 2 is 1.97 bits per heavy atom. The van der Waals surface area contributed by atoms with Gasteiger partial charge in [0.15, 0.2) is 0 Å². The molecule has 1 aliphatic rings. The van der Waals surface area contributed by atoms with Gasteiger partial charge >= 0.3 is 0 Å². The second-order valence-electron chi connectivity index (χ2n) is 6.90. The Morgan fingerprint density at radius 1 is 1.23 bits per heavy atom. The van der Waals surface area contributed by atoms with Gasteiger partial charge in [0.05, 0.1) is 19.2 Å². The quantitative estimate of drug-likeness (QED) is 0.597. The molecule has 9 heteroatoms. The third-order valence-corrected chi connectivity index (χ3v) is 5.24. The van der Waals surface area contributed by atoms with Crippen LogP contribution < -0.4 is 15.4 Å². The highest BCUT2D eigenvalue weighted by molar-refractivity contribution is 6.35. The number of rotatable bonds is 5. The SMILES string of the molecule is COc1cccc(-c2c(C)nn3c2NC(=O)C3CC(=O)Nc2cc(Cl)cc(Cl)c2)c1. The van der Waals surface area contributed by atoms with E-state index < -0.39 is 6.04 Å². The standard InChI is InChI=1S/C21H18Cl2N4O3/c1-11-19(12-4-3-5-16(6-12)30-2)20-25-21(29)17(27(20)26-11)10-18(28)24-15-8-13(22)7-14(23)9-15/h3-9,17H,10H2,1-2H3,(H,24,28)(H,25,29). The van der Waals surface area contributed by atoms with Gasteiger partial charge in [-0.1, -0.05) is 35.3 Å². The van der Waals surface area contributed by atoms with E-state index in [1.54, 1.807) is 30.0 Å². The fraction of sp³-hybridized carbons (Fsp3) is 0.190. The zero-order chi connectivity index (χ0) is 21.4. The Bertz CT molecular complexity index is 1140. The minimum atomic E-state index is -0.757. The summed E-state index contributed by atoms with van der Waals surface area (Å²) in [4.78, 5) is 25.1. The molecule has 0 spiro atoms. The monoisotopic (exact) mass is 444 g/mol. The lowest BCUT2D eigenvalue weighted by Crippen LogP contribution is -2.23. The maximum absolute atomic E-state index is 12.6. The zero-order valence-electron chi connectivity index (χ0n) is 16.2. The van der Waals surface area contributed by atoms with Crippen LogP contribution in [0.2, 0.25) is 10.0 Å². The summed E-state index contributed by atoms with van der Waals surface area (Å²) in [7, 11) is 1.60. The van der Waals surface area contributed by atoms with Crippen molar-refractivity contribution in [2.24, 2.45) is 0 Å². The molecule has 0 aliphatic carbocycles. The first-order valence-electron chi connectivity index (χ1n) is 9.16. The second-order valence-corrected chi connectivity index (χ2v) is 7.77. The molecule has 4 rings (SSSR count). The highest BCUT2D eigenvalue weighted by Gasteiger charge is 2.36. The van der Waals surface area contributed by atoms with Gasteiger partial charge in [-0.25, -0.2) is 4.68 Å². The molecule has 2 N–H and O–H groups in total. The average Bonchev–Trinajstić information content (AvgIpc) is 3.15. The molecule has 154 valence electrons. The number of aryl methyl sites for hydroxylation is 1. The Labute approximate surface area is 182 Å². The van der Waals surface area contributed by atoms with E-state index in [0.717, 1.165) is 16.8 Å². The largest absolute Gasteiger partial charge is 0.497 e. The number of benzene rings is 2. The van der Waals surface area contributed by atoms with Gasteiger partial charge < -0.3 is 15.4 Å². The van der Waals surface area contributed by atoms with Crippen molar-refractivity contribution in [3.05, 3.63) is 58.2 Å². The maximum atomic E-state index is 12.6. The van der Waals surface area contributed by atoms with Crippen LogP contribution in [0.5, 0.6) is 5.75 Å². The summed E-state index contributed by atoms with van der Waals surface area (Å²) >= 11 is 11.9. The number of aromatic nitrogens is 2. The van der Waals surface area contributed by atoms with Crippen LogP contribution in [0.25, 0.3) is 11.1 Å². The molecule has 2 aromatic carbocycles. The highest BCUT2D eigenvalue weighted by Crippen LogP contribution is 2.39. The minimum absolute atomic E-state index is 0.0817. The molecule has 0 saturated carbocycles. The molecular formula is C21H18Cl2N4O3. The van der Waals surface area contributed by atoms with E-state index in [9.17, 15) is 9.59 Å². The Morgan fingerprint density at radius 3 is 2.67 bits per heavy atom. The van der Waals surface area contributed by atoms with Crippen molar-refractivity contribution < 1.29 is 14.3 Å². The fourth-order valence-corrected chi connectivity index (χ4v) is 4.05. The van der Waals surface area contributed by atoms with Crippen molar-refractivity contribution in [1.82, 2.24) is 9.78 Å². The van der Waals surface area contributed by atoms with Gasteiger partial charge in [0.2, 0.25) is 5.91 Å². The number of carbonyl (C=O) groups is 2. The summed E-state index contributed by atoms with van der Waals surface area (Å²) < 4.78 is 6.86. The van der Waals surface area contributed by atoms with Crippen LogP contribution in [0, 0.1) is 6.92 Å². The maximum Gasteiger partial charge on any atom is 0.251 e. The number of hydrogen-bond donors (Lipinski definition) is 2. The van der Waals surface area contributed by atoms with Gasteiger partial charge in [-0.15, -0.1) is 0 Å². The average molecular weight is 445 g/mol. The molecule has 2 amide bonds. The molecule has 1 atom stereocenters. The van der Waals surface area contributed by atoms with Crippen LogP contribution in [-0.2, 0) is 9.59 Å². The van der Waals surface area contributed by atoms with Gasteiger partial charge in [-0.05, 0) is 42.8 Å². The molecule has 0 fully saturated rings. The Hall–Kier alpha value is -3.03. The predicted molar refractivity (Wildman–Crippen MR) is 116 cm³/mol. The molecule has 0 radical (unpaired) electrons. The molecule has 3 aromatic rings. The van der Waals surface area contributed by atoms with E-state index in [0.29, 0.717) is 27.3 Å². The van der Waals surface area contributed by atoms with Crippen molar-refractivity contribution in [3.8, 4) is 16.9 Å². The molecule has 1 aliphatic heterocycles. The van der Waals surface area contributed by atoms with E-state index in [1.165, 1.54) is 0 Å². The van der Waals surface area contributed by atoms with Crippen molar-refractivity contribution in [3.63, 3.8) is 0 Å². The van der Waals surface area contributed by atoms with Crippen LogP contribution in [0.3, 0.4) is 0 Å². The van der Waals surface area contributed by atoms with E-state index in [4.69, 9.17) is 27.9 Å². The van der Waals surface area contributed by atoms with E-state index in [-0.39, 0.29) is 18.2 Å². The number of halogens is 2. The van der Waals surface area contributed by atoms with Gasteiger partial charge in [-0.3, -0.25) is 9.59 Å². The first kappa shape index (κ1) is 20.3. The zero-order valence-corrected chi connectivity index (χ0v) is 17.7. The minimum Gasteiger partial charge on any atom is -0.497 e. The summed E-state index contributed by atoms with van der Waals surface area (Å²) in [6, 6.07) is 11.5. The van der Waals surface area contributed by atoms with Crippen molar-refractivity contribution in [1.29, 1.82) is 0 Å². The number of nitrogens with zero attached hydrogens (tertiary/aromatic N) is 2. The number of ether oxygens (including phenoxy) is 1. The molecular weight excluding hydrogens is 427 g/mol. The van der Waals surface area contributed by atoms with Crippen LogP contribution in [0.15, 0.2) is 42.5 Å². The van der Waals surface area contributed by atoms with E-state index in [1.807, 2.05) is 31.2 Å². The fourth-order valence-electron chi connectivity index (χ4n) is 3.52. The van der Waals surface area contributed by atoms with Crippen LogP contribution in [0.4, 0.5) is 11.5 Å². The topological polar surface area (TPSA) is 85.2 Å². The number of amides is 2. The summed E-state index contributed by atoms with van der Waals surface area (Å²) in [5.74, 6) is 0.625. The molecule has 0 bridgehead atoms. The molecule has 30 heavy (non-hydrogen) atoms. The lowest BCUT2D eigenvalue weighted by molar-refractivity contribution is -0.123. The second kappa shape index (κ2) is 8.01. The lowest BCUT2D eigenvalue weighted by atomic mass is 10.1. The molecule has 0 saturated heterocycles. The first-order chi connectivity index (χ1) is 14.4. The Kier molecular flexibility index (Phi) is 5.40. The number of hydrogen-bond acceptors (Lipinski definition) is 4. The van der Waals surface area contributed by atoms with Crippen LogP contribution in [-0.4, -0.2) is 28.7 Å². The molecule has 2 heterocycles. The summed E-state index contributed by atoms with van der Waals surface area (Å²) in [6.07, 6.45) is -0.0817. The van der Waals surface area contributed by atoms with Gasteiger partial charge in [0, 0.05) is 21.3 Å². The molecule has 7 nitrogen and oxygen atoms in total. The normalized spacial score (nSPS) is 14.9. The van der Waals surface area contributed by atoms with E-state index in [2.05, 4.69) is 15.7 Å². The van der Waals surface area contributed by atoms with Gasteiger partial charge in [0.1, 0.15) is 17.6 Å². The van der Waals surface area contributed by atoms with Crippen molar-refractivity contribution in [2.75, 3.05) is 17.7 Å². The number of carbonyl (C=O) groups excluding carboxylic acids is 2. The first-order valence-corrected chi connectivity index (χ1v) is 9.91. The van der Waals surface area contributed by atoms with Crippen LogP contribution in [0.1, 0.15) is 18.2 Å². The smallest absolute Gasteiger partial charge is 0.251 e. The van der Waals surface area contributed by atoms with Gasteiger partial charge in [-0.2, -0.15) is 5.10 Å². The van der Waals surface area contributed by atoms with Crippen molar-refractivity contribution in [2.45, 2.75) is 19.4 Å². The number of methoxy groups -OCH3 is 1. The van der Waals surface area contributed by atoms with Gasteiger partial charge in [0.25, 0.3) is 5.91 Å². The van der Waals surface area contributed by atoms with Crippen molar-refractivity contribution >= 4 is 46.5 Å². The predicted octanol–water partition coefficient (Wildman–Crippen LogP) is 4.70. The Balaban J connectivity index is 1.59. The third kappa shape index (κ3) is 3.86. The van der Waals surface area contributed by atoms with Crippen LogP contribution >= 0.6 is 23.2 Å². The summed E-state index contributed by atoms with van der Waals surface area (Å²) in [6.45, 7) is 1.86. The molecule has 1 unspecified atom stereocenters. The number of nitrogens with one attached hydrogen (secondary N) is 2. The summed E-state index contributed by atoms with van der Waals surface area (Å²) in [5, 5.41) is 10.9. The number of anilines is 2. The number of fused-ring (bicyclic) bond motifs is 1. The third-order valence-electron chi connectivity index (χ3n) is 4.81. The summed E-state index contributed by atoms with van der Waals surface area (Å²) in [5.41, 5.74) is 2.87. The van der Waals surface area contributed by atoms with E-state index >= 15 is 0 Å².